The molecular formula is C21H22O8. The third-order valence-corrected chi connectivity index (χ3v) is 4.64. The second-order valence-corrected chi connectivity index (χ2v) is 6.61. The van der Waals surface area contributed by atoms with Crippen LogP contribution in [0, 0.1) is 0 Å². The molecule has 2 aromatic carbocycles. The van der Waals surface area contributed by atoms with Gasteiger partial charge in [0.25, 0.3) is 0 Å². The fourth-order valence-corrected chi connectivity index (χ4v) is 2.99. The van der Waals surface area contributed by atoms with E-state index >= 15 is 0 Å². The summed E-state index contributed by atoms with van der Waals surface area (Å²) in [5.41, 5.74) is -1.07. The zero-order valence-electron chi connectivity index (χ0n) is 15.8. The van der Waals surface area contributed by atoms with Gasteiger partial charge in [0.05, 0.1) is 11.1 Å². The van der Waals surface area contributed by atoms with Crippen LogP contribution in [-0.2, 0) is 18.9 Å². The van der Waals surface area contributed by atoms with Crippen LogP contribution in [0.4, 0.5) is 0 Å². The van der Waals surface area contributed by atoms with E-state index in [0.717, 1.165) is 0 Å². The Morgan fingerprint density at radius 3 is 1.72 bits per heavy atom. The number of esters is 2. The van der Waals surface area contributed by atoms with Crippen LogP contribution in [-0.4, -0.2) is 66.6 Å². The van der Waals surface area contributed by atoms with Crippen LogP contribution in [0.25, 0.3) is 0 Å². The number of ether oxygens (including phenoxy) is 4. The molecule has 0 aromatic heterocycles. The molecule has 8 heteroatoms. The van der Waals surface area contributed by atoms with Crippen molar-refractivity contribution in [3.63, 3.8) is 0 Å². The number of hydrogen-bond acceptors (Lipinski definition) is 8. The molecule has 2 N–H and O–H groups in total. The summed E-state index contributed by atoms with van der Waals surface area (Å²) in [6, 6.07) is 16.5. The highest BCUT2D eigenvalue weighted by Crippen LogP contribution is 2.33. The lowest BCUT2D eigenvalue weighted by Gasteiger charge is -2.30. The van der Waals surface area contributed by atoms with Crippen molar-refractivity contribution in [3.8, 4) is 0 Å². The highest BCUT2D eigenvalue weighted by Gasteiger charge is 2.56. The Morgan fingerprint density at radius 2 is 1.34 bits per heavy atom. The molecule has 3 rings (SSSR count). The summed E-state index contributed by atoms with van der Waals surface area (Å²) in [5, 5.41) is 20.7. The molecule has 1 saturated heterocycles. The maximum absolute atomic E-state index is 12.3. The summed E-state index contributed by atoms with van der Waals surface area (Å²) in [7, 11) is 1.29. The number of hydrogen-bond donors (Lipinski definition) is 2. The largest absolute Gasteiger partial charge is 0.459 e. The van der Waals surface area contributed by atoms with Gasteiger partial charge in [-0.3, -0.25) is 0 Å². The van der Waals surface area contributed by atoms with E-state index in [2.05, 4.69) is 0 Å². The molecule has 1 aliphatic rings. The predicted molar refractivity (Wildman–Crippen MR) is 100 cm³/mol. The van der Waals surface area contributed by atoms with Crippen LogP contribution in [0.15, 0.2) is 60.7 Å². The van der Waals surface area contributed by atoms with E-state index in [1.54, 1.807) is 60.7 Å². The number of benzene rings is 2. The molecule has 0 unspecified atom stereocenters. The average Bonchev–Trinajstić information content (AvgIpc) is 3.02. The van der Waals surface area contributed by atoms with Gasteiger partial charge in [-0.15, -0.1) is 0 Å². The zero-order chi connectivity index (χ0) is 20.9. The van der Waals surface area contributed by atoms with E-state index in [1.807, 2.05) is 0 Å². The Hall–Kier alpha value is -2.78. The van der Waals surface area contributed by atoms with Gasteiger partial charge in [-0.05, 0) is 24.3 Å². The van der Waals surface area contributed by atoms with Gasteiger partial charge in [0.2, 0.25) is 0 Å². The fourth-order valence-electron chi connectivity index (χ4n) is 2.99. The zero-order valence-corrected chi connectivity index (χ0v) is 15.8. The number of carbonyl (C=O) groups is 2. The minimum atomic E-state index is -1.69. The van der Waals surface area contributed by atoms with Gasteiger partial charge in [-0.25, -0.2) is 9.59 Å². The predicted octanol–water partition coefficient (Wildman–Crippen LogP) is 1.16. The molecule has 1 heterocycles. The SMILES string of the molecule is CO[C@H]1OC(COC(=O)c2ccccc2)(COC(=O)c2ccccc2)[C@@H](O)[C@H]1O. The highest BCUT2D eigenvalue weighted by molar-refractivity contribution is 5.89. The molecule has 0 saturated carbocycles. The lowest BCUT2D eigenvalue weighted by Crippen LogP contribution is -2.51. The van der Waals surface area contributed by atoms with Crippen molar-refractivity contribution in [1.29, 1.82) is 0 Å². The molecule has 8 nitrogen and oxygen atoms in total. The third-order valence-electron chi connectivity index (χ3n) is 4.64. The summed E-state index contributed by atoms with van der Waals surface area (Å²) in [4.78, 5) is 24.6. The molecule has 0 radical (unpaired) electrons. The topological polar surface area (TPSA) is 112 Å². The lowest BCUT2D eigenvalue weighted by molar-refractivity contribution is -0.199. The summed E-state index contributed by atoms with van der Waals surface area (Å²) < 4.78 is 21.2. The van der Waals surface area contributed by atoms with Crippen molar-refractivity contribution in [2.45, 2.75) is 24.1 Å². The fraction of sp³-hybridized carbons (Fsp3) is 0.333. The Kier molecular flexibility index (Phi) is 6.60. The van der Waals surface area contributed by atoms with E-state index in [9.17, 15) is 19.8 Å². The summed E-state index contributed by atoms with van der Waals surface area (Å²) in [5.74, 6) is -1.30. The molecule has 3 atom stereocenters. The Labute approximate surface area is 167 Å². The highest BCUT2D eigenvalue weighted by atomic mass is 16.7. The number of aliphatic hydroxyl groups excluding tert-OH is 2. The van der Waals surface area contributed by atoms with Crippen molar-refractivity contribution in [3.05, 3.63) is 71.8 Å². The number of carbonyl (C=O) groups excluding carboxylic acids is 2. The second-order valence-electron chi connectivity index (χ2n) is 6.61. The van der Waals surface area contributed by atoms with Crippen molar-refractivity contribution >= 4 is 11.9 Å². The summed E-state index contributed by atoms with van der Waals surface area (Å²) in [6.07, 6.45) is -4.10. The van der Waals surface area contributed by atoms with Crippen LogP contribution in [0.5, 0.6) is 0 Å². The molecular weight excluding hydrogens is 380 g/mol. The molecule has 0 aliphatic carbocycles. The smallest absolute Gasteiger partial charge is 0.338 e. The first-order chi connectivity index (χ1) is 14.0. The van der Waals surface area contributed by atoms with Gasteiger partial charge >= 0.3 is 11.9 Å². The van der Waals surface area contributed by atoms with E-state index in [0.29, 0.717) is 11.1 Å². The Bertz CT molecular complexity index is 768. The minimum absolute atomic E-state index is 0.306. The van der Waals surface area contributed by atoms with E-state index in [4.69, 9.17) is 18.9 Å². The Balaban J connectivity index is 1.74. The van der Waals surface area contributed by atoms with Gasteiger partial charge in [0.1, 0.15) is 25.4 Å². The number of methoxy groups -OCH3 is 1. The van der Waals surface area contributed by atoms with Crippen molar-refractivity contribution in [2.75, 3.05) is 20.3 Å². The first kappa shape index (κ1) is 20.9. The number of aliphatic hydroxyl groups is 2. The molecule has 154 valence electrons. The van der Waals surface area contributed by atoms with E-state index < -0.39 is 49.3 Å². The van der Waals surface area contributed by atoms with Gasteiger partial charge in [-0.2, -0.15) is 0 Å². The number of rotatable bonds is 7. The van der Waals surface area contributed by atoms with Crippen LogP contribution in [0.2, 0.25) is 0 Å². The van der Waals surface area contributed by atoms with Gasteiger partial charge in [0.15, 0.2) is 11.9 Å². The molecule has 2 aromatic rings. The van der Waals surface area contributed by atoms with Crippen LogP contribution >= 0.6 is 0 Å². The van der Waals surface area contributed by atoms with Crippen molar-refractivity contribution in [2.24, 2.45) is 0 Å². The third kappa shape index (κ3) is 4.63. The molecule has 0 spiro atoms. The van der Waals surface area contributed by atoms with Gasteiger partial charge < -0.3 is 29.2 Å². The lowest BCUT2D eigenvalue weighted by atomic mass is 9.97. The second kappa shape index (κ2) is 9.15. The molecule has 1 fully saturated rings. The average molecular weight is 402 g/mol. The first-order valence-corrected chi connectivity index (χ1v) is 8.98. The van der Waals surface area contributed by atoms with E-state index in [1.165, 1.54) is 7.11 Å². The summed E-state index contributed by atoms with van der Waals surface area (Å²) in [6.45, 7) is -0.915. The minimum Gasteiger partial charge on any atom is -0.459 e. The quantitative estimate of drug-likeness (QED) is 0.664. The summed E-state index contributed by atoms with van der Waals surface area (Å²) >= 11 is 0. The molecule has 1 aliphatic heterocycles. The van der Waals surface area contributed by atoms with Crippen LogP contribution in [0.3, 0.4) is 0 Å². The molecule has 0 amide bonds. The Morgan fingerprint density at radius 1 is 0.897 bits per heavy atom. The maximum Gasteiger partial charge on any atom is 0.338 e. The van der Waals surface area contributed by atoms with Crippen molar-refractivity contribution in [1.82, 2.24) is 0 Å². The van der Waals surface area contributed by atoms with Crippen molar-refractivity contribution < 1.29 is 38.7 Å². The van der Waals surface area contributed by atoms with Gasteiger partial charge in [-0.1, -0.05) is 36.4 Å². The van der Waals surface area contributed by atoms with Crippen LogP contribution in [0.1, 0.15) is 20.7 Å². The first-order valence-electron chi connectivity index (χ1n) is 8.98. The molecule has 0 bridgehead atoms. The molecule has 29 heavy (non-hydrogen) atoms. The normalized spacial score (nSPS) is 22.8. The standard InChI is InChI=1S/C21H22O8/c1-26-20-16(22)17(23)21(29-20,12-27-18(24)14-8-4-2-5-9-14)13-28-19(25)15-10-6-3-7-11-15/h2-11,16-17,20,22-23H,12-13H2,1H3/t16-,17+,20+/m1/s1. The van der Waals surface area contributed by atoms with E-state index in [-0.39, 0.29) is 0 Å². The van der Waals surface area contributed by atoms with Gasteiger partial charge in [0, 0.05) is 7.11 Å². The maximum atomic E-state index is 12.3. The van der Waals surface area contributed by atoms with Crippen LogP contribution < -0.4 is 0 Å². The monoisotopic (exact) mass is 402 g/mol.